The van der Waals surface area contributed by atoms with Gasteiger partial charge in [0.15, 0.2) is 0 Å². The first kappa shape index (κ1) is 16.3. The normalized spacial score (nSPS) is 21.8. The number of aromatic nitrogens is 2. The van der Waals surface area contributed by atoms with Crippen LogP contribution in [0.3, 0.4) is 0 Å². The number of hydrogen-bond donors (Lipinski definition) is 1. The van der Waals surface area contributed by atoms with Crippen molar-refractivity contribution in [3.63, 3.8) is 0 Å². The van der Waals surface area contributed by atoms with E-state index in [0.29, 0.717) is 6.04 Å². The minimum Gasteiger partial charge on any atom is -0.310 e. The molecule has 1 saturated heterocycles. The fourth-order valence-electron chi connectivity index (χ4n) is 4.00. The lowest BCUT2D eigenvalue weighted by atomic mass is 10.0. The first-order chi connectivity index (χ1) is 10.6. The Balaban J connectivity index is 1.42. The van der Waals surface area contributed by atoms with Crippen LogP contribution in [0.2, 0.25) is 5.15 Å². The molecule has 22 heavy (non-hydrogen) atoms. The Morgan fingerprint density at radius 2 is 1.86 bits per heavy atom. The van der Waals surface area contributed by atoms with Crippen molar-refractivity contribution in [2.75, 3.05) is 19.6 Å². The van der Waals surface area contributed by atoms with E-state index in [0.717, 1.165) is 28.9 Å². The molecule has 0 radical (unpaired) electrons. The van der Waals surface area contributed by atoms with Gasteiger partial charge in [0.05, 0.1) is 5.69 Å². The Bertz CT molecular complexity index is 485. The van der Waals surface area contributed by atoms with Crippen LogP contribution in [0.15, 0.2) is 0 Å². The summed E-state index contributed by atoms with van der Waals surface area (Å²) in [6.45, 7) is 6.70. The lowest BCUT2D eigenvalue weighted by Gasteiger charge is -2.34. The quantitative estimate of drug-likeness (QED) is 0.903. The molecular weight excluding hydrogens is 296 g/mol. The number of piperidine rings is 1. The van der Waals surface area contributed by atoms with Gasteiger partial charge in [0.1, 0.15) is 5.15 Å². The first-order valence-corrected chi connectivity index (χ1v) is 9.15. The molecule has 1 N–H and O–H groups in total. The summed E-state index contributed by atoms with van der Waals surface area (Å²) in [5.74, 6) is 0.973. The van der Waals surface area contributed by atoms with Crippen molar-refractivity contribution in [3.05, 3.63) is 16.4 Å². The fraction of sp³-hybridized carbons (Fsp3) is 0.824. The summed E-state index contributed by atoms with van der Waals surface area (Å²) in [7, 11) is 1.90. The Morgan fingerprint density at radius 1 is 1.18 bits per heavy atom. The number of likely N-dealkylation sites (tertiary alicyclic amines) is 1. The van der Waals surface area contributed by atoms with Gasteiger partial charge in [-0.1, -0.05) is 24.4 Å². The molecule has 0 atom stereocenters. The Labute approximate surface area is 139 Å². The molecule has 1 aliphatic heterocycles. The van der Waals surface area contributed by atoms with E-state index >= 15 is 0 Å². The molecule has 0 amide bonds. The minimum absolute atomic E-state index is 0.621. The lowest BCUT2D eigenvalue weighted by molar-refractivity contribution is 0.172. The Hall–Kier alpha value is -0.580. The highest BCUT2D eigenvalue weighted by Crippen LogP contribution is 2.26. The number of rotatable bonds is 5. The van der Waals surface area contributed by atoms with Gasteiger partial charge in [-0.15, -0.1) is 0 Å². The van der Waals surface area contributed by atoms with Crippen molar-refractivity contribution in [2.24, 2.45) is 13.0 Å². The first-order valence-electron chi connectivity index (χ1n) is 8.77. The van der Waals surface area contributed by atoms with Crippen LogP contribution in [-0.2, 0) is 13.6 Å². The van der Waals surface area contributed by atoms with Gasteiger partial charge in [-0.05, 0) is 51.6 Å². The Morgan fingerprint density at radius 3 is 2.45 bits per heavy atom. The van der Waals surface area contributed by atoms with Crippen molar-refractivity contribution >= 4 is 11.6 Å². The van der Waals surface area contributed by atoms with Gasteiger partial charge in [-0.25, -0.2) is 0 Å². The molecule has 0 aromatic carbocycles. The third-order valence-corrected chi connectivity index (χ3v) is 5.89. The number of nitrogens with zero attached hydrogens (tertiary/aromatic N) is 3. The van der Waals surface area contributed by atoms with Gasteiger partial charge >= 0.3 is 0 Å². The highest BCUT2D eigenvalue weighted by molar-refractivity contribution is 6.30. The zero-order valence-corrected chi connectivity index (χ0v) is 14.7. The summed E-state index contributed by atoms with van der Waals surface area (Å²) in [6.07, 6.45) is 8.32. The van der Waals surface area contributed by atoms with Crippen LogP contribution < -0.4 is 5.32 Å². The maximum absolute atomic E-state index is 6.30. The molecule has 5 heteroatoms. The highest BCUT2D eigenvalue weighted by Gasteiger charge is 2.23. The minimum atomic E-state index is 0.621. The molecule has 1 aromatic rings. The van der Waals surface area contributed by atoms with Crippen molar-refractivity contribution in [1.29, 1.82) is 0 Å². The topological polar surface area (TPSA) is 33.1 Å². The van der Waals surface area contributed by atoms with Crippen molar-refractivity contribution in [1.82, 2.24) is 20.0 Å². The van der Waals surface area contributed by atoms with Gasteiger partial charge in [-0.2, -0.15) is 5.10 Å². The lowest BCUT2D eigenvalue weighted by Crippen LogP contribution is -2.43. The smallest absolute Gasteiger partial charge is 0.131 e. The van der Waals surface area contributed by atoms with Crippen LogP contribution in [0.25, 0.3) is 0 Å². The van der Waals surface area contributed by atoms with Crippen LogP contribution in [-0.4, -0.2) is 40.4 Å². The number of halogens is 1. The van der Waals surface area contributed by atoms with E-state index in [-0.39, 0.29) is 0 Å². The largest absolute Gasteiger partial charge is 0.310 e. The zero-order valence-electron chi connectivity index (χ0n) is 13.9. The summed E-state index contributed by atoms with van der Waals surface area (Å²) < 4.78 is 1.76. The molecule has 2 aliphatic rings. The predicted molar refractivity (Wildman–Crippen MR) is 91.2 cm³/mol. The van der Waals surface area contributed by atoms with E-state index in [9.17, 15) is 0 Å². The molecule has 1 saturated carbocycles. The second kappa shape index (κ2) is 7.33. The number of hydrogen-bond acceptors (Lipinski definition) is 3. The van der Waals surface area contributed by atoms with E-state index in [4.69, 9.17) is 11.6 Å². The van der Waals surface area contributed by atoms with Gasteiger partial charge in [0.25, 0.3) is 0 Å². The summed E-state index contributed by atoms with van der Waals surface area (Å²) >= 11 is 6.30. The molecule has 1 aliphatic carbocycles. The molecule has 4 nitrogen and oxygen atoms in total. The third kappa shape index (κ3) is 3.84. The fourth-order valence-corrected chi connectivity index (χ4v) is 4.24. The number of aryl methyl sites for hydroxylation is 2. The standard InChI is InChI=1S/C17H29ClN4/c1-13-16(17(18)21(2)20-13)11-19-15-7-9-22(10-8-15)12-14-5-3-4-6-14/h14-15,19H,3-12H2,1-2H3. The van der Waals surface area contributed by atoms with Crippen LogP contribution in [0.1, 0.15) is 49.8 Å². The van der Waals surface area contributed by atoms with Crippen molar-refractivity contribution < 1.29 is 0 Å². The maximum Gasteiger partial charge on any atom is 0.131 e. The van der Waals surface area contributed by atoms with E-state index in [1.165, 1.54) is 58.2 Å². The van der Waals surface area contributed by atoms with Crippen LogP contribution in [0, 0.1) is 12.8 Å². The summed E-state index contributed by atoms with van der Waals surface area (Å²) in [4.78, 5) is 2.68. The van der Waals surface area contributed by atoms with Crippen LogP contribution in [0.5, 0.6) is 0 Å². The molecule has 1 aromatic heterocycles. The van der Waals surface area contributed by atoms with E-state index in [2.05, 4.69) is 15.3 Å². The van der Waals surface area contributed by atoms with E-state index in [1.54, 1.807) is 4.68 Å². The van der Waals surface area contributed by atoms with Crippen LogP contribution >= 0.6 is 11.6 Å². The molecule has 0 unspecified atom stereocenters. The van der Waals surface area contributed by atoms with Gasteiger partial charge < -0.3 is 10.2 Å². The molecule has 2 heterocycles. The molecule has 124 valence electrons. The van der Waals surface area contributed by atoms with Gasteiger partial charge in [-0.3, -0.25) is 4.68 Å². The zero-order chi connectivity index (χ0) is 15.5. The van der Waals surface area contributed by atoms with Crippen LogP contribution in [0.4, 0.5) is 0 Å². The van der Waals surface area contributed by atoms with Crippen molar-refractivity contribution in [3.8, 4) is 0 Å². The maximum atomic E-state index is 6.30. The predicted octanol–water partition coefficient (Wildman–Crippen LogP) is 3.13. The van der Waals surface area contributed by atoms with Gasteiger partial charge in [0.2, 0.25) is 0 Å². The Kier molecular flexibility index (Phi) is 5.42. The summed E-state index contributed by atoms with van der Waals surface area (Å²) in [5.41, 5.74) is 2.19. The average molecular weight is 325 g/mol. The molecule has 0 spiro atoms. The average Bonchev–Trinajstić information content (AvgIpc) is 3.09. The van der Waals surface area contributed by atoms with E-state index < -0.39 is 0 Å². The van der Waals surface area contributed by atoms with Crippen molar-refractivity contribution in [2.45, 2.75) is 58.0 Å². The third-order valence-electron chi connectivity index (χ3n) is 5.42. The highest BCUT2D eigenvalue weighted by atomic mass is 35.5. The summed E-state index contributed by atoms with van der Waals surface area (Å²) in [5, 5.41) is 8.83. The van der Waals surface area contributed by atoms with Gasteiger partial charge in [0, 0.05) is 31.7 Å². The second-order valence-corrected chi connectivity index (χ2v) is 7.44. The summed E-state index contributed by atoms with van der Waals surface area (Å²) in [6, 6.07) is 0.621. The van der Waals surface area contributed by atoms with E-state index in [1.807, 2.05) is 14.0 Å². The SMILES string of the molecule is Cc1nn(C)c(Cl)c1CNC1CCN(CC2CCCC2)CC1. The molecule has 2 fully saturated rings. The second-order valence-electron chi connectivity index (χ2n) is 7.08. The molecule has 3 rings (SSSR count). The monoisotopic (exact) mass is 324 g/mol. The number of nitrogens with one attached hydrogen (secondary N) is 1. The molecular formula is C17H29ClN4. The molecule has 0 bridgehead atoms.